The van der Waals surface area contributed by atoms with E-state index in [-0.39, 0.29) is 0 Å². The number of aliphatic carboxylic acids is 1. The van der Waals surface area contributed by atoms with Gasteiger partial charge in [-0.25, -0.2) is 0 Å². The Morgan fingerprint density at radius 1 is 1.37 bits per heavy atom. The number of likely N-dealkylation sites (N-methyl/N-ethyl adjacent to an activating group) is 1. The van der Waals surface area contributed by atoms with Crippen LogP contribution in [0.1, 0.15) is 58.8 Å². The maximum absolute atomic E-state index is 11.3. The molecule has 0 aliphatic heterocycles. The van der Waals surface area contributed by atoms with Gasteiger partial charge in [0, 0.05) is 6.61 Å². The van der Waals surface area contributed by atoms with Crippen LogP contribution in [0.25, 0.3) is 0 Å². The van der Waals surface area contributed by atoms with Crippen molar-refractivity contribution in [2.24, 2.45) is 5.92 Å². The number of carboxylic acids is 1. The Balaban J connectivity index is 2.24. The monoisotopic (exact) mass is 271 g/mol. The third kappa shape index (κ3) is 4.77. The summed E-state index contributed by atoms with van der Waals surface area (Å²) < 4.78 is 5.87. The van der Waals surface area contributed by atoms with Crippen molar-refractivity contribution in [2.75, 3.05) is 13.7 Å². The summed E-state index contributed by atoms with van der Waals surface area (Å²) in [5, 5.41) is 12.3. The topological polar surface area (TPSA) is 58.6 Å². The van der Waals surface area contributed by atoms with Gasteiger partial charge in [0.2, 0.25) is 0 Å². The second-order valence-corrected chi connectivity index (χ2v) is 5.85. The van der Waals surface area contributed by atoms with Gasteiger partial charge in [-0.3, -0.25) is 4.79 Å². The van der Waals surface area contributed by atoms with E-state index in [1.165, 1.54) is 12.8 Å². The molecule has 19 heavy (non-hydrogen) atoms. The molecular formula is C15H29NO3. The van der Waals surface area contributed by atoms with Crippen LogP contribution >= 0.6 is 0 Å². The van der Waals surface area contributed by atoms with E-state index in [1.807, 2.05) is 6.92 Å². The lowest BCUT2D eigenvalue weighted by atomic mass is 9.89. The molecule has 0 aromatic carbocycles. The number of rotatable bonds is 8. The van der Waals surface area contributed by atoms with Gasteiger partial charge < -0.3 is 15.2 Å². The number of hydrogen-bond donors (Lipinski definition) is 2. The number of carboxylic acid groups (broad SMARTS) is 1. The minimum Gasteiger partial charge on any atom is -0.480 e. The molecule has 0 radical (unpaired) electrons. The number of carbonyl (C=O) groups is 1. The van der Waals surface area contributed by atoms with Gasteiger partial charge in [0.25, 0.3) is 0 Å². The Hall–Kier alpha value is -0.610. The molecule has 1 fully saturated rings. The van der Waals surface area contributed by atoms with Gasteiger partial charge >= 0.3 is 5.97 Å². The molecule has 1 atom stereocenters. The molecule has 0 spiro atoms. The van der Waals surface area contributed by atoms with E-state index in [0.717, 1.165) is 25.2 Å². The van der Waals surface area contributed by atoms with Crippen molar-refractivity contribution in [3.05, 3.63) is 0 Å². The molecule has 1 aliphatic rings. The lowest BCUT2D eigenvalue weighted by Gasteiger charge is -2.29. The van der Waals surface area contributed by atoms with Gasteiger partial charge in [-0.1, -0.05) is 13.8 Å². The van der Waals surface area contributed by atoms with E-state index in [0.29, 0.717) is 25.6 Å². The van der Waals surface area contributed by atoms with Gasteiger partial charge in [0.05, 0.1) is 6.10 Å². The molecule has 0 heterocycles. The highest BCUT2D eigenvalue weighted by molar-refractivity contribution is 5.78. The fourth-order valence-electron chi connectivity index (χ4n) is 2.86. The predicted octanol–water partition coefficient (Wildman–Crippen LogP) is 2.81. The minimum atomic E-state index is -0.787. The summed E-state index contributed by atoms with van der Waals surface area (Å²) >= 11 is 0. The van der Waals surface area contributed by atoms with Gasteiger partial charge in [-0.2, -0.15) is 0 Å². The zero-order valence-electron chi connectivity index (χ0n) is 12.6. The summed E-state index contributed by atoms with van der Waals surface area (Å²) in [6, 6.07) is 0. The lowest BCUT2D eigenvalue weighted by Crippen LogP contribution is -2.50. The molecule has 2 N–H and O–H groups in total. The summed E-state index contributed by atoms with van der Waals surface area (Å²) in [6.07, 6.45) is 7.25. The Morgan fingerprint density at radius 2 is 2.00 bits per heavy atom. The Kier molecular flexibility index (Phi) is 6.80. The molecule has 0 aromatic heterocycles. The molecule has 1 rings (SSSR count). The van der Waals surface area contributed by atoms with E-state index < -0.39 is 11.5 Å². The van der Waals surface area contributed by atoms with Crippen molar-refractivity contribution in [1.82, 2.24) is 5.32 Å². The van der Waals surface area contributed by atoms with Crippen LogP contribution in [0.5, 0.6) is 0 Å². The van der Waals surface area contributed by atoms with E-state index >= 15 is 0 Å². The molecular weight excluding hydrogens is 242 g/mol. The van der Waals surface area contributed by atoms with E-state index in [9.17, 15) is 9.90 Å². The number of ether oxygens (including phenoxy) is 1. The SMILES string of the molecule is CCC(CCCOC1CCC(C)CC1)(NC)C(=O)O. The van der Waals surface area contributed by atoms with E-state index in [1.54, 1.807) is 7.05 Å². The van der Waals surface area contributed by atoms with Crippen LogP contribution in [0.3, 0.4) is 0 Å². The maximum atomic E-state index is 11.3. The van der Waals surface area contributed by atoms with Crippen molar-refractivity contribution < 1.29 is 14.6 Å². The summed E-state index contributed by atoms with van der Waals surface area (Å²) in [5.41, 5.74) is -0.787. The first-order valence-electron chi connectivity index (χ1n) is 7.58. The van der Waals surface area contributed by atoms with Crippen LogP contribution in [-0.4, -0.2) is 36.4 Å². The molecule has 1 saturated carbocycles. The maximum Gasteiger partial charge on any atom is 0.323 e. The average molecular weight is 271 g/mol. The molecule has 0 saturated heterocycles. The van der Waals surface area contributed by atoms with Crippen molar-refractivity contribution >= 4 is 5.97 Å². The van der Waals surface area contributed by atoms with Crippen molar-refractivity contribution in [3.63, 3.8) is 0 Å². The van der Waals surface area contributed by atoms with Gasteiger partial charge in [-0.05, 0) is 57.9 Å². The van der Waals surface area contributed by atoms with Crippen LogP contribution in [-0.2, 0) is 9.53 Å². The van der Waals surface area contributed by atoms with Crippen LogP contribution in [0.15, 0.2) is 0 Å². The van der Waals surface area contributed by atoms with Crippen molar-refractivity contribution in [3.8, 4) is 0 Å². The standard InChI is InChI=1S/C15H29NO3/c1-4-15(16-3,14(17)18)10-5-11-19-13-8-6-12(2)7-9-13/h12-13,16H,4-11H2,1-3H3,(H,17,18). The highest BCUT2D eigenvalue weighted by atomic mass is 16.5. The Bertz CT molecular complexity index is 269. The zero-order chi connectivity index (χ0) is 14.3. The summed E-state index contributed by atoms with van der Waals surface area (Å²) in [6.45, 7) is 4.88. The first-order chi connectivity index (χ1) is 9.04. The first-order valence-corrected chi connectivity index (χ1v) is 7.58. The van der Waals surface area contributed by atoms with E-state index in [2.05, 4.69) is 12.2 Å². The third-order valence-corrected chi connectivity index (χ3v) is 4.56. The second kappa shape index (κ2) is 7.85. The zero-order valence-corrected chi connectivity index (χ0v) is 12.6. The minimum absolute atomic E-state index is 0.395. The van der Waals surface area contributed by atoms with Gasteiger partial charge in [0.1, 0.15) is 5.54 Å². The highest BCUT2D eigenvalue weighted by Gasteiger charge is 2.34. The quantitative estimate of drug-likeness (QED) is 0.666. The van der Waals surface area contributed by atoms with Gasteiger partial charge in [0.15, 0.2) is 0 Å². The van der Waals surface area contributed by atoms with Crippen LogP contribution in [0, 0.1) is 5.92 Å². The molecule has 0 aromatic rings. The summed E-state index contributed by atoms with van der Waals surface area (Å²) in [5.74, 6) is 0.0767. The fraction of sp³-hybridized carbons (Fsp3) is 0.933. The molecule has 1 aliphatic carbocycles. The molecule has 112 valence electrons. The first kappa shape index (κ1) is 16.4. The summed E-state index contributed by atoms with van der Waals surface area (Å²) in [7, 11) is 1.72. The Morgan fingerprint density at radius 3 is 2.47 bits per heavy atom. The predicted molar refractivity (Wildman–Crippen MR) is 76.3 cm³/mol. The normalized spacial score (nSPS) is 26.9. The average Bonchev–Trinajstić information content (AvgIpc) is 2.41. The molecule has 0 bridgehead atoms. The van der Waals surface area contributed by atoms with Crippen molar-refractivity contribution in [2.45, 2.75) is 70.4 Å². The molecule has 4 nitrogen and oxygen atoms in total. The van der Waals surface area contributed by atoms with Crippen LogP contribution in [0.2, 0.25) is 0 Å². The summed E-state index contributed by atoms with van der Waals surface area (Å²) in [4.78, 5) is 11.3. The number of hydrogen-bond acceptors (Lipinski definition) is 3. The number of nitrogens with one attached hydrogen (secondary N) is 1. The third-order valence-electron chi connectivity index (χ3n) is 4.56. The Labute approximate surface area is 116 Å². The fourth-order valence-corrected chi connectivity index (χ4v) is 2.86. The molecule has 1 unspecified atom stereocenters. The molecule has 0 amide bonds. The lowest BCUT2D eigenvalue weighted by molar-refractivity contribution is -0.145. The van der Waals surface area contributed by atoms with Gasteiger partial charge in [-0.15, -0.1) is 0 Å². The smallest absolute Gasteiger partial charge is 0.323 e. The largest absolute Gasteiger partial charge is 0.480 e. The molecule has 4 heteroatoms. The van der Waals surface area contributed by atoms with Crippen molar-refractivity contribution in [1.29, 1.82) is 0 Å². The second-order valence-electron chi connectivity index (χ2n) is 5.85. The highest BCUT2D eigenvalue weighted by Crippen LogP contribution is 2.26. The van der Waals surface area contributed by atoms with Crippen LogP contribution in [0.4, 0.5) is 0 Å². The van der Waals surface area contributed by atoms with Crippen LogP contribution < -0.4 is 5.32 Å². The van der Waals surface area contributed by atoms with E-state index in [4.69, 9.17) is 4.74 Å².